The number of sulfonamides is 1. The zero-order chi connectivity index (χ0) is 11.4. The van der Waals surface area contributed by atoms with E-state index >= 15 is 0 Å². The molecule has 6 nitrogen and oxygen atoms in total. The summed E-state index contributed by atoms with van der Waals surface area (Å²) < 4.78 is 25.8. The summed E-state index contributed by atoms with van der Waals surface area (Å²) in [5, 5.41) is 6.38. The average Bonchev–Trinajstić information content (AvgIpc) is 2.31. The molecule has 2 heterocycles. The van der Waals surface area contributed by atoms with Gasteiger partial charge in [-0.2, -0.15) is 4.31 Å². The van der Waals surface area contributed by atoms with Crippen LogP contribution in [0.1, 0.15) is 0 Å². The van der Waals surface area contributed by atoms with Gasteiger partial charge in [-0.3, -0.25) is 4.90 Å². The molecule has 0 atom stereocenters. The van der Waals surface area contributed by atoms with Gasteiger partial charge in [-0.25, -0.2) is 8.42 Å². The third kappa shape index (κ3) is 3.14. The van der Waals surface area contributed by atoms with Crippen LogP contribution < -0.4 is 10.6 Å². The van der Waals surface area contributed by atoms with Crippen LogP contribution in [0.3, 0.4) is 0 Å². The highest BCUT2D eigenvalue weighted by Gasteiger charge is 2.26. The molecule has 16 heavy (non-hydrogen) atoms. The van der Waals surface area contributed by atoms with Gasteiger partial charge >= 0.3 is 0 Å². The lowest BCUT2D eigenvalue weighted by atomic mass is 10.4. The number of hydrogen-bond acceptors (Lipinski definition) is 5. The summed E-state index contributed by atoms with van der Waals surface area (Å²) in [7, 11) is -3.09. The number of nitrogens with zero attached hydrogens (tertiary/aromatic N) is 2. The number of piperazine rings is 2. The highest BCUT2D eigenvalue weighted by molar-refractivity contribution is 7.89. The SMILES string of the molecule is O=S(=O)(CN1CCNCC1)N1CCNCC1. The van der Waals surface area contributed by atoms with Gasteiger partial charge in [0.05, 0.1) is 0 Å². The molecular weight excluding hydrogens is 228 g/mol. The van der Waals surface area contributed by atoms with Crippen LogP contribution in [0.4, 0.5) is 0 Å². The maximum atomic E-state index is 12.1. The second-order valence-electron chi connectivity index (χ2n) is 4.26. The molecule has 0 amide bonds. The van der Waals surface area contributed by atoms with E-state index in [0.29, 0.717) is 13.1 Å². The zero-order valence-corrected chi connectivity index (χ0v) is 10.3. The molecule has 0 aromatic heterocycles. The molecule has 2 fully saturated rings. The van der Waals surface area contributed by atoms with E-state index in [0.717, 1.165) is 39.3 Å². The quantitative estimate of drug-likeness (QED) is 0.610. The lowest BCUT2D eigenvalue weighted by Gasteiger charge is -2.31. The maximum absolute atomic E-state index is 12.1. The van der Waals surface area contributed by atoms with Crippen LogP contribution in [0.2, 0.25) is 0 Å². The topological polar surface area (TPSA) is 64.7 Å². The molecular formula is C9H20N4O2S. The standard InChI is InChI=1S/C9H20N4O2S/c14-16(15,13-7-3-11-4-8-13)9-12-5-1-10-2-6-12/h10-11H,1-9H2. The van der Waals surface area contributed by atoms with Crippen molar-refractivity contribution in [3.63, 3.8) is 0 Å². The maximum Gasteiger partial charge on any atom is 0.227 e. The largest absolute Gasteiger partial charge is 0.314 e. The molecule has 2 saturated heterocycles. The fourth-order valence-electron chi connectivity index (χ4n) is 2.08. The summed E-state index contributed by atoms with van der Waals surface area (Å²) in [5.74, 6) is 0.175. The minimum Gasteiger partial charge on any atom is -0.314 e. The molecule has 0 bridgehead atoms. The van der Waals surface area contributed by atoms with E-state index in [4.69, 9.17) is 0 Å². The highest BCUT2D eigenvalue weighted by atomic mass is 32.2. The molecule has 2 rings (SSSR count). The molecule has 94 valence electrons. The van der Waals surface area contributed by atoms with E-state index in [-0.39, 0.29) is 5.88 Å². The molecule has 0 aromatic carbocycles. The van der Waals surface area contributed by atoms with Crippen molar-refractivity contribution in [1.29, 1.82) is 0 Å². The van der Waals surface area contributed by atoms with Crippen LogP contribution in [-0.4, -0.2) is 75.9 Å². The van der Waals surface area contributed by atoms with Crippen LogP contribution in [-0.2, 0) is 10.0 Å². The molecule has 0 saturated carbocycles. The van der Waals surface area contributed by atoms with Crippen molar-refractivity contribution < 1.29 is 8.42 Å². The smallest absolute Gasteiger partial charge is 0.227 e. The Kier molecular flexibility index (Phi) is 4.15. The van der Waals surface area contributed by atoms with Crippen molar-refractivity contribution in [3.05, 3.63) is 0 Å². The Hall–Kier alpha value is -0.210. The van der Waals surface area contributed by atoms with Gasteiger partial charge in [-0.15, -0.1) is 0 Å². The van der Waals surface area contributed by atoms with Crippen LogP contribution in [0.5, 0.6) is 0 Å². The van der Waals surface area contributed by atoms with Crippen molar-refractivity contribution in [2.24, 2.45) is 0 Å². The van der Waals surface area contributed by atoms with Crippen LogP contribution in [0, 0.1) is 0 Å². The molecule has 0 unspecified atom stereocenters. The van der Waals surface area contributed by atoms with Crippen molar-refractivity contribution in [2.75, 3.05) is 58.2 Å². The Bertz CT molecular complexity index is 307. The van der Waals surface area contributed by atoms with E-state index in [9.17, 15) is 8.42 Å². The minimum atomic E-state index is -3.09. The van der Waals surface area contributed by atoms with E-state index in [1.165, 1.54) is 0 Å². The summed E-state index contributed by atoms with van der Waals surface area (Å²) in [6, 6.07) is 0. The fraction of sp³-hybridized carbons (Fsp3) is 1.00. The summed E-state index contributed by atoms with van der Waals surface area (Å²) in [5.41, 5.74) is 0. The molecule has 7 heteroatoms. The molecule has 0 radical (unpaired) electrons. The average molecular weight is 248 g/mol. The lowest BCUT2D eigenvalue weighted by Crippen LogP contribution is -2.52. The first-order chi connectivity index (χ1) is 7.68. The van der Waals surface area contributed by atoms with Crippen LogP contribution in [0.25, 0.3) is 0 Å². The Morgan fingerprint density at radius 3 is 1.94 bits per heavy atom. The second-order valence-corrected chi connectivity index (χ2v) is 6.20. The lowest BCUT2D eigenvalue weighted by molar-refractivity contribution is 0.264. The first-order valence-corrected chi connectivity index (χ1v) is 7.41. The van der Waals surface area contributed by atoms with Gasteiger partial charge in [-0.1, -0.05) is 0 Å². The molecule has 2 N–H and O–H groups in total. The van der Waals surface area contributed by atoms with Crippen molar-refractivity contribution >= 4 is 10.0 Å². The molecule has 0 aromatic rings. The van der Waals surface area contributed by atoms with Crippen molar-refractivity contribution in [1.82, 2.24) is 19.8 Å². The Morgan fingerprint density at radius 2 is 1.38 bits per heavy atom. The van der Waals surface area contributed by atoms with Crippen molar-refractivity contribution in [3.8, 4) is 0 Å². The monoisotopic (exact) mass is 248 g/mol. The summed E-state index contributed by atoms with van der Waals surface area (Å²) in [6.07, 6.45) is 0. The van der Waals surface area contributed by atoms with Gasteiger partial charge in [-0.05, 0) is 0 Å². The number of hydrogen-bond donors (Lipinski definition) is 2. The zero-order valence-electron chi connectivity index (χ0n) is 9.48. The van der Waals surface area contributed by atoms with E-state index in [1.54, 1.807) is 4.31 Å². The minimum absolute atomic E-state index is 0.175. The third-order valence-corrected chi connectivity index (χ3v) is 4.87. The third-order valence-electron chi connectivity index (χ3n) is 3.02. The van der Waals surface area contributed by atoms with Gasteiger partial charge in [0.2, 0.25) is 10.0 Å². The number of nitrogens with one attached hydrogen (secondary N) is 2. The fourth-order valence-corrected chi connectivity index (χ4v) is 3.70. The summed E-state index contributed by atoms with van der Waals surface area (Å²) in [4.78, 5) is 2.01. The van der Waals surface area contributed by atoms with Crippen LogP contribution >= 0.6 is 0 Å². The summed E-state index contributed by atoms with van der Waals surface area (Å²) >= 11 is 0. The Balaban J connectivity index is 1.90. The Labute approximate surface area is 97.0 Å². The van der Waals surface area contributed by atoms with Gasteiger partial charge in [0.1, 0.15) is 5.88 Å². The van der Waals surface area contributed by atoms with Crippen LogP contribution in [0.15, 0.2) is 0 Å². The van der Waals surface area contributed by atoms with E-state index < -0.39 is 10.0 Å². The molecule has 0 aliphatic carbocycles. The van der Waals surface area contributed by atoms with Gasteiger partial charge in [0.25, 0.3) is 0 Å². The second kappa shape index (κ2) is 5.42. The normalized spacial score (nSPS) is 25.8. The molecule has 0 spiro atoms. The van der Waals surface area contributed by atoms with Gasteiger partial charge in [0, 0.05) is 52.4 Å². The van der Waals surface area contributed by atoms with Crippen molar-refractivity contribution in [2.45, 2.75) is 0 Å². The predicted molar refractivity (Wildman–Crippen MR) is 62.7 cm³/mol. The van der Waals surface area contributed by atoms with E-state index in [1.807, 2.05) is 4.90 Å². The number of rotatable bonds is 3. The summed E-state index contributed by atoms with van der Waals surface area (Å²) in [6.45, 7) is 6.16. The van der Waals surface area contributed by atoms with Gasteiger partial charge < -0.3 is 10.6 Å². The first-order valence-electron chi connectivity index (χ1n) is 5.80. The highest BCUT2D eigenvalue weighted by Crippen LogP contribution is 2.06. The Morgan fingerprint density at radius 1 is 0.875 bits per heavy atom. The van der Waals surface area contributed by atoms with E-state index in [2.05, 4.69) is 10.6 Å². The first kappa shape index (κ1) is 12.3. The van der Waals surface area contributed by atoms with Gasteiger partial charge in [0.15, 0.2) is 0 Å². The predicted octanol–water partition coefficient (Wildman–Crippen LogP) is -1.92. The molecule has 2 aliphatic rings. The molecule has 2 aliphatic heterocycles.